The third-order valence-electron chi connectivity index (χ3n) is 2.63. The van der Waals surface area contributed by atoms with Gasteiger partial charge in [0.15, 0.2) is 0 Å². The summed E-state index contributed by atoms with van der Waals surface area (Å²) in [7, 11) is 0. The van der Waals surface area contributed by atoms with E-state index in [2.05, 4.69) is 55.4 Å². The minimum absolute atomic E-state index is 1.05. The minimum atomic E-state index is 1.05. The van der Waals surface area contributed by atoms with Gasteiger partial charge >= 0.3 is 0 Å². The van der Waals surface area contributed by atoms with Crippen molar-refractivity contribution >= 4 is 12.6 Å². The Bertz CT molecular complexity index is 500. The molecule has 3 rings (SSSR count). The van der Waals surface area contributed by atoms with Crippen molar-refractivity contribution in [1.29, 1.82) is 0 Å². The van der Waals surface area contributed by atoms with Gasteiger partial charge in [-0.05, 0) is 28.3 Å². The fourth-order valence-corrected chi connectivity index (χ4v) is 2.23. The largest absolute Gasteiger partial charge is 0.143 e. The van der Waals surface area contributed by atoms with Crippen LogP contribution in [0, 0.1) is 6.42 Å². The van der Waals surface area contributed by atoms with E-state index in [-0.39, 0.29) is 0 Å². The van der Waals surface area contributed by atoms with E-state index in [1.165, 1.54) is 22.3 Å². The Kier molecular flexibility index (Phi) is 1.68. The van der Waals surface area contributed by atoms with E-state index in [0.717, 1.165) is 4.90 Å². The standard InChI is InChI=1S/C13H9S/c14-13-7-3-6-11-10-5-2-1-4-9(10)8-12(11)13/h1-8,14H. The Hall–Kier alpha value is -1.21. The van der Waals surface area contributed by atoms with Crippen LogP contribution in [0.2, 0.25) is 0 Å². The number of hydrogen-bond acceptors (Lipinski definition) is 1. The SMILES string of the molecule is Sc1cccc2c1[CH]c1ccccc1-2. The topological polar surface area (TPSA) is 0 Å². The molecule has 14 heavy (non-hydrogen) atoms. The lowest BCUT2D eigenvalue weighted by Crippen LogP contribution is -1.79. The van der Waals surface area contributed by atoms with Gasteiger partial charge in [-0.25, -0.2) is 0 Å². The van der Waals surface area contributed by atoms with Crippen molar-refractivity contribution in [2.24, 2.45) is 0 Å². The van der Waals surface area contributed by atoms with Gasteiger partial charge < -0.3 is 0 Å². The third-order valence-corrected chi connectivity index (χ3v) is 3.02. The molecule has 0 fully saturated rings. The zero-order valence-electron chi connectivity index (χ0n) is 7.57. The molecule has 0 N–H and O–H groups in total. The fraction of sp³-hybridized carbons (Fsp3) is 0. The Labute approximate surface area is 89.0 Å². The lowest BCUT2D eigenvalue weighted by atomic mass is 10.1. The lowest BCUT2D eigenvalue weighted by Gasteiger charge is -2.01. The second-order valence-electron chi connectivity index (χ2n) is 3.47. The molecule has 1 heteroatoms. The summed E-state index contributed by atoms with van der Waals surface area (Å²) in [5.74, 6) is 0. The normalized spacial score (nSPS) is 12.4. The average Bonchev–Trinajstić information content (AvgIpc) is 2.59. The predicted molar refractivity (Wildman–Crippen MR) is 61.6 cm³/mol. The molecular formula is C13H9S. The van der Waals surface area contributed by atoms with Crippen LogP contribution in [0.3, 0.4) is 0 Å². The summed E-state index contributed by atoms with van der Waals surface area (Å²) in [4.78, 5) is 1.05. The summed E-state index contributed by atoms with van der Waals surface area (Å²) in [5, 5.41) is 0. The van der Waals surface area contributed by atoms with E-state index < -0.39 is 0 Å². The first-order valence-corrected chi connectivity index (χ1v) is 5.07. The summed E-state index contributed by atoms with van der Waals surface area (Å²) < 4.78 is 0. The molecule has 0 amide bonds. The molecule has 0 atom stereocenters. The Morgan fingerprint density at radius 1 is 0.786 bits per heavy atom. The number of fused-ring (bicyclic) bond motifs is 3. The molecule has 0 bridgehead atoms. The Balaban J connectivity index is 2.33. The van der Waals surface area contributed by atoms with Crippen molar-refractivity contribution in [3.63, 3.8) is 0 Å². The first-order valence-electron chi connectivity index (χ1n) is 4.62. The van der Waals surface area contributed by atoms with Crippen molar-refractivity contribution in [3.8, 4) is 11.1 Å². The number of hydrogen-bond donors (Lipinski definition) is 1. The molecule has 67 valence electrons. The molecule has 0 spiro atoms. The zero-order chi connectivity index (χ0) is 9.54. The summed E-state index contributed by atoms with van der Waals surface area (Å²) >= 11 is 4.46. The molecule has 1 aliphatic carbocycles. The number of benzene rings is 2. The molecule has 0 saturated heterocycles. The van der Waals surface area contributed by atoms with Crippen molar-refractivity contribution in [2.75, 3.05) is 0 Å². The van der Waals surface area contributed by atoms with E-state index in [9.17, 15) is 0 Å². The van der Waals surface area contributed by atoms with E-state index in [4.69, 9.17) is 0 Å². The molecule has 1 aliphatic rings. The van der Waals surface area contributed by atoms with Crippen LogP contribution in [-0.4, -0.2) is 0 Å². The van der Waals surface area contributed by atoms with Gasteiger partial charge in [0.1, 0.15) is 0 Å². The third kappa shape index (κ3) is 1.02. The van der Waals surface area contributed by atoms with Crippen LogP contribution >= 0.6 is 12.6 Å². The summed E-state index contributed by atoms with van der Waals surface area (Å²) in [6, 6.07) is 14.7. The smallest absolute Gasteiger partial charge is 0.0223 e. The number of thiol groups is 1. The molecule has 0 unspecified atom stereocenters. The quantitative estimate of drug-likeness (QED) is 0.523. The van der Waals surface area contributed by atoms with Gasteiger partial charge in [0.2, 0.25) is 0 Å². The van der Waals surface area contributed by atoms with Gasteiger partial charge in [-0.1, -0.05) is 36.4 Å². The monoisotopic (exact) mass is 197 g/mol. The second kappa shape index (κ2) is 2.89. The van der Waals surface area contributed by atoms with Gasteiger partial charge in [0.05, 0.1) is 0 Å². The highest BCUT2D eigenvalue weighted by Gasteiger charge is 2.19. The first kappa shape index (κ1) is 8.13. The van der Waals surface area contributed by atoms with Gasteiger partial charge in [0.25, 0.3) is 0 Å². The van der Waals surface area contributed by atoms with Crippen molar-refractivity contribution in [3.05, 3.63) is 60.0 Å². The van der Waals surface area contributed by atoms with Gasteiger partial charge in [-0.3, -0.25) is 0 Å². The van der Waals surface area contributed by atoms with Crippen LogP contribution in [0.5, 0.6) is 0 Å². The first-order chi connectivity index (χ1) is 6.86. The maximum absolute atomic E-state index is 4.46. The Morgan fingerprint density at radius 2 is 1.57 bits per heavy atom. The van der Waals surface area contributed by atoms with E-state index >= 15 is 0 Å². The molecule has 0 aliphatic heterocycles. The van der Waals surface area contributed by atoms with Crippen LogP contribution in [0.25, 0.3) is 11.1 Å². The molecule has 0 aromatic heterocycles. The van der Waals surface area contributed by atoms with Crippen LogP contribution in [0.15, 0.2) is 47.4 Å². The maximum atomic E-state index is 4.46. The van der Waals surface area contributed by atoms with Crippen LogP contribution in [0.4, 0.5) is 0 Å². The molecule has 0 saturated carbocycles. The van der Waals surface area contributed by atoms with Crippen LogP contribution in [0.1, 0.15) is 11.1 Å². The molecule has 0 nitrogen and oxygen atoms in total. The second-order valence-corrected chi connectivity index (χ2v) is 3.95. The average molecular weight is 197 g/mol. The zero-order valence-corrected chi connectivity index (χ0v) is 8.46. The molecule has 2 aromatic carbocycles. The van der Waals surface area contributed by atoms with Gasteiger partial charge in [0, 0.05) is 11.3 Å². The summed E-state index contributed by atoms with van der Waals surface area (Å²) in [6.45, 7) is 0. The molecular weight excluding hydrogens is 188 g/mol. The highest BCUT2D eigenvalue weighted by molar-refractivity contribution is 7.80. The fourth-order valence-electron chi connectivity index (χ4n) is 1.96. The highest BCUT2D eigenvalue weighted by atomic mass is 32.1. The lowest BCUT2D eigenvalue weighted by molar-refractivity contribution is 1.38. The maximum Gasteiger partial charge on any atom is 0.0223 e. The molecule has 1 radical (unpaired) electrons. The van der Waals surface area contributed by atoms with Crippen LogP contribution in [-0.2, 0) is 0 Å². The van der Waals surface area contributed by atoms with E-state index in [1.54, 1.807) is 0 Å². The summed E-state index contributed by atoms with van der Waals surface area (Å²) in [5.41, 5.74) is 5.16. The highest BCUT2D eigenvalue weighted by Crippen LogP contribution is 2.40. The van der Waals surface area contributed by atoms with Crippen molar-refractivity contribution < 1.29 is 0 Å². The van der Waals surface area contributed by atoms with E-state index in [0.29, 0.717) is 0 Å². The van der Waals surface area contributed by atoms with Crippen molar-refractivity contribution in [1.82, 2.24) is 0 Å². The number of rotatable bonds is 0. The van der Waals surface area contributed by atoms with E-state index in [1.807, 2.05) is 6.07 Å². The Morgan fingerprint density at radius 3 is 2.50 bits per heavy atom. The summed E-state index contributed by atoms with van der Waals surface area (Å²) in [6.07, 6.45) is 2.20. The van der Waals surface area contributed by atoms with Crippen LogP contribution < -0.4 is 0 Å². The predicted octanol–water partition coefficient (Wildman–Crippen LogP) is 3.56. The minimum Gasteiger partial charge on any atom is -0.143 e. The van der Waals surface area contributed by atoms with Crippen molar-refractivity contribution in [2.45, 2.75) is 4.90 Å². The van der Waals surface area contributed by atoms with Gasteiger partial charge in [-0.15, -0.1) is 12.6 Å². The van der Waals surface area contributed by atoms with Gasteiger partial charge in [-0.2, -0.15) is 0 Å². The molecule has 0 heterocycles. The molecule has 2 aromatic rings.